The molecule has 0 saturated carbocycles. The number of imide groups is 1. The maximum Gasteiger partial charge on any atom is 0.324 e. The SMILES string of the molecule is O=C(CN1CCO[C@H](c2ccc(F)cc2)C1)N1CCNC1=O. The lowest BCUT2D eigenvalue weighted by atomic mass is 10.1. The molecule has 2 saturated heterocycles. The highest BCUT2D eigenvalue weighted by Gasteiger charge is 2.29. The summed E-state index contributed by atoms with van der Waals surface area (Å²) in [6, 6.07) is 5.86. The zero-order valence-electron chi connectivity index (χ0n) is 12.1. The summed E-state index contributed by atoms with van der Waals surface area (Å²) in [5, 5.41) is 2.62. The van der Waals surface area contributed by atoms with Crippen molar-refractivity contribution in [2.24, 2.45) is 0 Å². The van der Waals surface area contributed by atoms with Crippen molar-refractivity contribution >= 4 is 11.9 Å². The van der Waals surface area contributed by atoms with E-state index < -0.39 is 0 Å². The predicted molar refractivity (Wildman–Crippen MR) is 76.6 cm³/mol. The van der Waals surface area contributed by atoms with E-state index in [1.54, 1.807) is 12.1 Å². The quantitative estimate of drug-likeness (QED) is 0.895. The van der Waals surface area contributed by atoms with Gasteiger partial charge in [-0.25, -0.2) is 9.18 Å². The summed E-state index contributed by atoms with van der Waals surface area (Å²) in [6.45, 7) is 2.80. The van der Waals surface area contributed by atoms with E-state index in [1.165, 1.54) is 17.0 Å². The number of ether oxygens (including phenoxy) is 1. The first kappa shape index (κ1) is 14.9. The highest BCUT2D eigenvalue weighted by molar-refractivity contribution is 5.96. The summed E-state index contributed by atoms with van der Waals surface area (Å²) in [4.78, 5) is 26.8. The molecule has 0 spiro atoms. The molecule has 0 bridgehead atoms. The minimum absolute atomic E-state index is 0.186. The molecule has 2 heterocycles. The fourth-order valence-electron chi connectivity index (χ4n) is 2.71. The number of halogens is 1. The summed E-state index contributed by atoms with van der Waals surface area (Å²) >= 11 is 0. The van der Waals surface area contributed by atoms with Gasteiger partial charge in [0, 0.05) is 26.2 Å². The van der Waals surface area contributed by atoms with Crippen LogP contribution in [0.2, 0.25) is 0 Å². The Balaban J connectivity index is 1.59. The molecule has 1 atom stereocenters. The van der Waals surface area contributed by atoms with E-state index in [1.807, 2.05) is 4.90 Å². The van der Waals surface area contributed by atoms with Crippen LogP contribution < -0.4 is 5.32 Å². The molecular formula is C15H18FN3O3. The maximum atomic E-state index is 13.0. The lowest BCUT2D eigenvalue weighted by Crippen LogP contribution is -2.46. The Bertz CT molecular complexity index is 564. The van der Waals surface area contributed by atoms with Crippen LogP contribution in [0, 0.1) is 5.82 Å². The third-order valence-corrected chi connectivity index (χ3v) is 3.91. The molecule has 118 valence electrons. The van der Waals surface area contributed by atoms with E-state index in [0.717, 1.165) is 5.56 Å². The second-order valence-electron chi connectivity index (χ2n) is 5.42. The van der Waals surface area contributed by atoms with Crippen LogP contribution in [0.15, 0.2) is 24.3 Å². The van der Waals surface area contributed by atoms with E-state index in [4.69, 9.17) is 4.74 Å². The van der Waals surface area contributed by atoms with Crippen molar-refractivity contribution in [3.63, 3.8) is 0 Å². The van der Waals surface area contributed by atoms with Gasteiger partial charge >= 0.3 is 6.03 Å². The summed E-state index contributed by atoms with van der Waals surface area (Å²) in [7, 11) is 0. The van der Waals surface area contributed by atoms with Gasteiger partial charge < -0.3 is 10.1 Å². The van der Waals surface area contributed by atoms with E-state index >= 15 is 0 Å². The Kier molecular flexibility index (Phi) is 4.35. The van der Waals surface area contributed by atoms with E-state index in [9.17, 15) is 14.0 Å². The minimum Gasteiger partial charge on any atom is -0.371 e. The summed E-state index contributed by atoms with van der Waals surface area (Å²) in [6.07, 6.45) is -0.186. The summed E-state index contributed by atoms with van der Waals surface area (Å²) in [5.74, 6) is -0.485. The zero-order chi connectivity index (χ0) is 15.5. The van der Waals surface area contributed by atoms with E-state index in [0.29, 0.717) is 32.8 Å². The minimum atomic E-state index is -0.326. The number of urea groups is 1. The van der Waals surface area contributed by atoms with E-state index in [2.05, 4.69) is 5.32 Å². The van der Waals surface area contributed by atoms with Gasteiger partial charge in [0.2, 0.25) is 5.91 Å². The third-order valence-electron chi connectivity index (χ3n) is 3.91. The second kappa shape index (κ2) is 6.41. The average molecular weight is 307 g/mol. The molecule has 2 aliphatic heterocycles. The normalized spacial score (nSPS) is 22.7. The fraction of sp³-hybridized carbons (Fsp3) is 0.467. The van der Waals surface area contributed by atoms with Gasteiger partial charge in [-0.3, -0.25) is 14.6 Å². The Morgan fingerprint density at radius 2 is 2.09 bits per heavy atom. The second-order valence-corrected chi connectivity index (χ2v) is 5.42. The molecule has 0 aromatic heterocycles. The highest BCUT2D eigenvalue weighted by Crippen LogP contribution is 2.22. The molecule has 0 radical (unpaired) electrons. The molecule has 7 heteroatoms. The van der Waals surface area contributed by atoms with Crippen molar-refractivity contribution in [1.82, 2.24) is 15.1 Å². The number of benzene rings is 1. The van der Waals surface area contributed by atoms with Gasteiger partial charge in [-0.2, -0.15) is 0 Å². The van der Waals surface area contributed by atoms with Gasteiger partial charge in [-0.15, -0.1) is 0 Å². The van der Waals surface area contributed by atoms with Crippen LogP contribution in [0.25, 0.3) is 0 Å². The van der Waals surface area contributed by atoms with Crippen molar-refractivity contribution in [1.29, 1.82) is 0 Å². The average Bonchev–Trinajstić information content (AvgIpc) is 2.94. The molecule has 1 aromatic carbocycles. The predicted octanol–water partition coefficient (Wildman–Crippen LogP) is 0.751. The lowest BCUT2D eigenvalue weighted by molar-refractivity contribution is -0.130. The molecule has 22 heavy (non-hydrogen) atoms. The molecule has 1 N–H and O–H groups in total. The fourth-order valence-corrected chi connectivity index (χ4v) is 2.71. The Labute approximate surface area is 127 Å². The Hall–Kier alpha value is -1.99. The van der Waals surface area contributed by atoms with Gasteiger partial charge in [-0.05, 0) is 17.7 Å². The van der Waals surface area contributed by atoms with Gasteiger partial charge in [-0.1, -0.05) is 12.1 Å². The number of nitrogens with one attached hydrogen (secondary N) is 1. The number of carbonyl (C=O) groups excluding carboxylic acids is 2. The van der Waals surface area contributed by atoms with Crippen LogP contribution in [-0.4, -0.2) is 61.1 Å². The molecule has 0 unspecified atom stereocenters. The molecule has 2 fully saturated rings. The summed E-state index contributed by atoms with van der Waals surface area (Å²) in [5.41, 5.74) is 0.887. The number of hydrogen-bond donors (Lipinski definition) is 1. The van der Waals surface area contributed by atoms with Gasteiger partial charge in [0.05, 0.1) is 19.3 Å². The monoisotopic (exact) mass is 307 g/mol. The number of carbonyl (C=O) groups is 2. The van der Waals surface area contributed by atoms with E-state index in [-0.39, 0.29) is 30.4 Å². The molecule has 3 amide bonds. The largest absolute Gasteiger partial charge is 0.371 e. The van der Waals surface area contributed by atoms with Crippen LogP contribution in [-0.2, 0) is 9.53 Å². The van der Waals surface area contributed by atoms with Crippen LogP contribution in [0.3, 0.4) is 0 Å². The van der Waals surface area contributed by atoms with Gasteiger partial charge in [0.15, 0.2) is 0 Å². The van der Waals surface area contributed by atoms with Crippen LogP contribution in [0.4, 0.5) is 9.18 Å². The molecule has 0 aliphatic carbocycles. The topological polar surface area (TPSA) is 61.9 Å². The van der Waals surface area contributed by atoms with Crippen molar-refractivity contribution in [3.05, 3.63) is 35.6 Å². The van der Waals surface area contributed by atoms with Crippen molar-refractivity contribution < 1.29 is 18.7 Å². The number of nitrogens with zero attached hydrogens (tertiary/aromatic N) is 2. The number of amides is 3. The first-order valence-corrected chi connectivity index (χ1v) is 7.31. The van der Waals surface area contributed by atoms with Crippen molar-refractivity contribution in [2.75, 3.05) is 39.3 Å². The highest BCUT2D eigenvalue weighted by atomic mass is 19.1. The number of morpholine rings is 1. The van der Waals surface area contributed by atoms with Crippen molar-refractivity contribution in [3.8, 4) is 0 Å². The molecule has 2 aliphatic rings. The van der Waals surface area contributed by atoms with Gasteiger partial charge in [0.1, 0.15) is 5.82 Å². The Morgan fingerprint density at radius 3 is 2.77 bits per heavy atom. The van der Waals surface area contributed by atoms with Crippen molar-refractivity contribution in [2.45, 2.75) is 6.10 Å². The molecule has 6 nitrogen and oxygen atoms in total. The lowest BCUT2D eigenvalue weighted by Gasteiger charge is -2.33. The summed E-state index contributed by atoms with van der Waals surface area (Å²) < 4.78 is 18.7. The standard InChI is InChI=1S/C15H18FN3O3/c16-12-3-1-11(2-4-12)13-9-18(7-8-22-13)10-14(20)19-6-5-17-15(19)21/h1-4,13H,5-10H2,(H,17,21)/t13-/m0/s1. The zero-order valence-corrected chi connectivity index (χ0v) is 12.1. The van der Waals surface area contributed by atoms with Crippen LogP contribution in [0.1, 0.15) is 11.7 Å². The molecule has 3 rings (SSSR count). The smallest absolute Gasteiger partial charge is 0.324 e. The first-order valence-electron chi connectivity index (χ1n) is 7.31. The number of rotatable bonds is 3. The number of hydrogen-bond acceptors (Lipinski definition) is 4. The maximum absolute atomic E-state index is 13.0. The third kappa shape index (κ3) is 3.26. The molecular weight excluding hydrogens is 289 g/mol. The van der Waals surface area contributed by atoms with Crippen LogP contribution >= 0.6 is 0 Å². The van der Waals surface area contributed by atoms with Crippen LogP contribution in [0.5, 0.6) is 0 Å². The molecule has 1 aromatic rings. The Morgan fingerprint density at radius 1 is 1.32 bits per heavy atom. The van der Waals surface area contributed by atoms with Gasteiger partial charge in [0.25, 0.3) is 0 Å². The first-order chi connectivity index (χ1) is 10.6.